The summed E-state index contributed by atoms with van der Waals surface area (Å²) in [4.78, 5) is 22.9. The minimum atomic E-state index is -4.39. The van der Waals surface area contributed by atoms with Gasteiger partial charge >= 0.3 is 6.18 Å². The Morgan fingerprint density at radius 2 is 1.87 bits per heavy atom. The van der Waals surface area contributed by atoms with Crippen LogP contribution in [0.15, 0.2) is 61.2 Å². The van der Waals surface area contributed by atoms with Crippen LogP contribution in [0.4, 0.5) is 19.0 Å². The second-order valence-corrected chi connectivity index (χ2v) is 7.11. The number of fused-ring (bicyclic) bond motifs is 1. The molecule has 2 aromatic carbocycles. The van der Waals surface area contributed by atoms with E-state index < -0.39 is 11.7 Å². The summed E-state index contributed by atoms with van der Waals surface area (Å²) in [6.07, 6.45) is -2.40. The third-order valence-corrected chi connectivity index (χ3v) is 5.07. The zero-order chi connectivity index (χ0) is 21.3. The summed E-state index contributed by atoms with van der Waals surface area (Å²) >= 11 is 0. The van der Waals surface area contributed by atoms with E-state index in [-0.39, 0.29) is 11.9 Å². The number of amides is 1. The van der Waals surface area contributed by atoms with E-state index in [4.69, 9.17) is 0 Å². The number of carbonyl (C=O) groups is 1. The van der Waals surface area contributed by atoms with Gasteiger partial charge in [0.25, 0.3) is 0 Å². The minimum Gasteiger partial charge on any atom is -0.354 e. The molecule has 8 heteroatoms. The Balaban J connectivity index is 1.70. The zero-order valence-electron chi connectivity index (χ0n) is 16.0. The summed E-state index contributed by atoms with van der Waals surface area (Å²) in [5, 5.41) is 3.75. The fourth-order valence-electron chi connectivity index (χ4n) is 3.57. The van der Waals surface area contributed by atoms with Gasteiger partial charge < -0.3 is 10.2 Å². The van der Waals surface area contributed by atoms with Crippen molar-refractivity contribution in [3.05, 3.63) is 66.7 Å². The van der Waals surface area contributed by atoms with Crippen molar-refractivity contribution in [1.29, 1.82) is 0 Å². The van der Waals surface area contributed by atoms with Crippen LogP contribution in [0, 0.1) is 0 Å². The van der Waals surface area contributed by atoms with Crippen LogP contribution in [0.2, 0.25) is 0 Å². The van der Waals surface area contributed by atoms with Gasteiger partial charge in [-0.15, -0.1) is 0 Å². The fraction of sp³-hybridized carbons (Fsp3) is 0.227. The molecular weight excluding hydrogens is 393 g/mol. The lowest BCUT2D eigenvalue weighted by Gasteiger charge is -2.20. The molecule has 0 spiro atoms. The van der Waals surface area contributed by atoms with Crippen molar-refractivity contribution in [2.75, 3.05) is 18.0 Å². The molecule has 1 fully saturated rings. The lowest BCUT2D eigenvalue weighted by Crippen LogP contribution is -2.36. The van der Waals surface area contributed by atoms with Gasteiger partial charge in [0.15, 0.2) is 5.82 Å². The molecule has 5 nitrogen and oxygen atoms in total. The van der Waals surface area contributed by atoms with Gasteiger partial charge in [-0.1, -0.05) is 30.8 Å². The number of rotatable bonds is 4. The van der Waals surface area contributed by atoms with Crippen LogP contribution in [-0.4, -0.2) is 35.0 Å². The highest BCUT2D eigenvalue weighted by atomic mass is 19.4. The number of aromatic nitrogens is 2. The van der Waals surface area contributed by atoms with Crippen molar-refractivity contribution in [1.82, 2.24) is 15.3 Å². The summed E-state index contributed by atoms with van der Waals surface area (Å²) in [5.41, 5.74) is 0.495. The molecule has 1 N–H and O–H groups in total. The summed E-state index contributed by atoms with van der Waals surface area (Å²) in [6, 6.07) is 12.3. The molecule has 4 rings (SSSR count). The normalized spacial score (nSPS) is 16.6. The summed E-state index contributed by atoms with van der Waals surface area (Å²) < 4.78 is 38.6. The quantitative estimate of drug-likeness (QED) is 0.653. The first-order chi connectivity index (χ1) is 14.3. The number of hydrogen-bond acceptors (Lipinski definition) is 4. The number of hydrogen-bond donors (Lipinski definition) is 1. The summed E-state index contributed by atoms with van der Waals surface area (Å²) in [7, 11) is 0. The molecule has 0 saturated carbocycles. The second kappa shape index (κ2) is 7.78. The molecule has 1 atom stereocenters. The largest absolute Gasteiger partial charge is 0.416 e. The van der Waals surface area contributed by atoms with Crippen molar-refractivity contribution in [3.8, 4) is 11.4 Å². The molecule has 0 unspecified atom stereocenters. The monoisotopic (exact) mass is 412 g/mol. The van der Waals surface area contributed by atoms with Crippen molar-refractivity contribution < 1.29 is 18.0 Å². The van der Waals surface area contributed by atoms with Crippen molar-refractivity contribution in [3.63, 3.8) is 0 Å². The molecule has 154 valence electrons. The average Bonchev–Trinajstić information content (AvgIpc) is 3.20. The predicted molar refractivity (Wildman–Crippen MR) is 109 cm³/mol. The summed E-state index contributed by atoms with van der Waals surface area (Å²) in [5.74, 6) is 0.835. The minimum absolute atomic E-state index is 0.0289. The number of carbonyl (C=O) groups excluding carboxylic acids is 1. The number of halogens is 3. The average molecular weight is 412 g/mol. The van der Waals surface area contributed by atoms with Crippen molar-refractivity contribution in [2.45, 2.75) is 18.6 Å². The van der Waals surface area contributed by atoms with E-state index in [1.807, 2.05) is 24.3 Å². The number of anilines is 1. The first kappa shape index (κ1) is 19.9. The van der Waals surface area contributed by atoms with E-state index in [0.717, 1.165) is 23.9 Å². The van der Waals surface area contributed by atoms with Crippen LogP contribution in [0.1, 0.15) is 12.0 Å². The van der Waals surface area contributed by atoms with Gasteiger partial charge in [0, 0.05) is 30.1 Å². The maximum Gasteiger partial charge on any atom is 0.416 e. The molecule has 0 bridgehead atoms. The highest BCUT2D eigenvalue weighted by molar-refractivity contribution is 5.91. The maximum atomic E-state index is 12.9. The van der Waals surface area contributed by atoms with Gasteiger partial charge in [-0.05, 0) is 36.8 Å². The Bertz CT molecular complexity index is 1100. The third-order valence-electron chi connectivity index (χ3n) is 5.07. The Morgan fingerprint density at radius 1 is 1.13 bits per heavy atom. The van der Waals surface area contributed by atoms with Crippen LogP contribution >= 0.6 is 0 Å². The zero-order valence-corrected chi connectivity index (χ0v) is 16.0. The first-order valence-corrected chi connectivity index (χ1v) is 9.47. The van der Waals surface area contributed by atoms with E-state index in [1.165, 1.54) is 18.2 Å². The molecule has 1 aliphatic rings. The molecule has 1 aromatic heterocycles. The van der Waals surface area contributed by atoms with Gasteiger partial charge in [0.1, 0.15) is 5.82 Å². The van der Waals surface area contributed by atoms with E-state index in [9.17, 15) is 18.0 Å². The van der Waals surface area contributed by atoms with E-state index in [0.29, 0.717) is 35.8 Å². The van der Waals surface area contributed by atoms with Crippen LogP contribution in [0.25, 0.3) is 22.3 Å². The van der Waals surface area contributed by atoms with Crippen molar-refractivity contribution >= 4 is 22.6 Å². The molecular formula is C22H19F3N4O. The molecule has 2 heterocycles. The number of nitrogens with one attached hydrogen (secondary N) is 1. The number of para-hydroxylation sites is 1. The molecule has 1 amide bonds. The van der Waals surface area contributed by atoms with Crippen LogP contribution < -0.4 is 10.2 Å². The lowest BCUT2D eigenvalue weighted by atomic mass is 10.1. The van der Waals surface area contributed by atoms with Crippen LogP contribution in [0.3, 0.4) is 0 Å². The third kappa shape index (κ3) is 3.98. The molecule has 30 heavy (non-hydrogen) atoms. The molecule has 0 radical (unpaired) electrons. The predicted octanol–water partition coefficient (Wildman–Crippen LogP) is 4.20. The topological polar surface area (TPSA) is 58.1 Å². The smallest absolute Gasteiger partial charge is 0.354 e. The number of benzene rings is 2. The molecule has 0 aliphatic carbocycles. The lowest BCUT2D eigenvalue weighted by molar-refractivity contribution is -0.137. The molecule has 3 aromatic rings. The van der Waals surface area contributed by atoms with Gasteiger partial charge in [0.05, 0.1) is 11.1 Å². The first-order valence-electron chi connectivity index (χ1n) is 9.47. The van der Waals surface area contributed by atoms with Gasteiger partial charge in [-0.2, -0.15) is 13.2 Å². The SMILES string of the molecule is C=CC(=O)N[C@H]1CCN(c2nc(-c3ccc(C(F)(F)F)cc3)nc3ccccc23)C1. The van der Waals surface area contributed by atoms with E-state index in [1.54, 1.807) is 0 Å². The second-order valence-electron chi connectivity index (χ2n) is 7.11. The summed E-state index contributed by atoms with van der Waals surface area (Å²) in [6.45, 7) is 4.74. The fourth-order valence-corrected chi connectivity index (χ4v) is 3.57. The molecule has 1 saturated heterocycles. The number of nitrogens with zero attached hydrogens (tertiary/aromatic N) is 3. The molecule has 1 aliphatic heterocycles. The van der Waals surface area contributed by atoms with Gasteiger partial charge in [0.2, 0.25) is 5.91 Å². The van der Waals surface area contributed by atoms with E-state index in [2.05, 4.69) is 26.8 Å². The highest BCUT2D eigenvalue weighted by Gasteiger charge is 2.30. The number of alkyl halides is 3. The van der Waals surface area contributed by atoms with Gasteiger partial charge in [-0.25, -0.2) is 9.97 Å². The van der Waals surface area contributed by atoms with Gasteiger partial charge in [-0.3, -0.25) is 4.79 Å². The Labute approximate surface area is 171 Å². The van der Waals surface area contributed by atoms with E-state index >= 15 is 0 Å². The maximum absolute atomic E-state index is 12.9. The van der Waals surface area contributed by atoms with Crippen LogP contribution in [0.5, 0.6) is 0 Å². The highest BCUT2D eigenvalue weighted by Crippen LogP contribution is 2.32. The standard InChI is InChI=1S/C22H19F3N4O/c1-2-19(30)26-16-11-12-29(13-16)21-17-5-3-4-6-18(17)27-20(28-21)14-7-9-15(10-8-14)22(23,24)25/h2-10,16H,1,11-13H2,(H,26,30)/t16-/m0/s1. The van der Waals surface area contributed by atoms with Crippen molar-refractivity contribution in [2.24, 2.45) is 0 Å². The Morgan fingerprint density at radius 3 is 2.57 bits per heavy atom. The van der Waals surface area contributed by atoms with Crippen LogP contribution in [-0.2, 0) is 11.0 Å². The Hall–Kier alpha value is -3.42. The Kier molecular flexibility index (Phi) is 5.15.